The molecule has 0 aromatic carbocycles. The summed E-state index contributed by atoms with van der Waals surface area (Å²) in [6.07, 6.45) is 3.19. The molecule has 58 valence electrons. The van der Waals surface area contributed by atoms with Crippen LogP contribution in [-0.4, -0.2) is 9.97 Å². The number of para-hydroxylation sites is 1. The Morgan fingerprint density at radius 1 is 1.00 bits per heavy atom. The topological polar surface area (TPSA) is 42.9 Å². The maximum Gasteiger partial charge on any atom is 0.206 e. The monoisotopic (exact) mass is 158 g/mol. The number of hydrogen-bond donors (Lipinski definition) is 0. The Hall–Kier alpha value is -1.77. The second kappa shape index (κ2) is 2.70. The standard InChI is InChI=1S/C9H6N2O/c12-8-4-1-3-7-9(8)11-6-2-5-10-7/h1-6H. The van der Waals surface area contributed by atoms with E-state index in [-0.39, 0.29) is 5.43 Å². The van der Waals surface area contributed by atoms with Crippen LogP contribution in [-0.2, 0) is 0 Å². The Labute approximate surface area is 69.1 Å². The first kappa shape index (κ1) is 6.91. The van der Waals surface area contributed by atoms with Crippen LogP contribution in [0, 0.1) is 0 Å². The highest BCUT2D eigenvalue weighted by atomic mass is 16.1. The lowest BCUT2D eigenvalue weighted by Crippen LogP contribution is -2.04. The molecule has 0 saturated heterocycles. The first-order chi connectivity index (χ1) is 5.88. The molecule has 3 heteroatoms. The molecule has 0 aromatic rings. The molecule has 0 fully saturated rings. The van der Waals surface area contributed by atoms with Gasteiger partial charge in [0.1, 0.15) is 5.69 Å². The van der Waals surface area contributed by atoms with Gasteiger partial charge in [-0.15, -0.1) is 0 Å². The van der Waals surface area contributed by atoms with E-state index in [1.165, 1.54) is 6.07 Å². The molecule has 0 N–H and O–H groups in total. The van der Waals surface area contributed by atoms with E-state index in [2.05, 4.69) is 9.97 Å². The molecule has 0 unspecified atom stereocenters. The highest BCUT2D eigenvalue weighted by molar-refractivity contribution is 5.53. The molecule has 0 aromatic heterocycles. The summed E-state index contributed by atoms with van der Waals surface area (Å²) in [5.74, 6) is 0. The molecule has 2 aliphatic rings. The molecule has 1 aliphatic heterocycles. The smallest absolute Gasteiger partial charge is 0.206 e. The largest absolute Gasteiger partial charge is 0.287 e. The predicted octanol–water partition coefficient (Wildman–Crippen LogP) is 0.942. The lowest BCUT2D eigenvalue weighted by Gasteiger charge is -1.92. The van der Waals surface area contributed by atoms with Crippen molar-refractivity contribution in [3.05, 3.63) is 46.9 Å². The van der Waals surface area contributed by atoms with Crippen LogP contribution in [0.1, 0.15) is 0 Å². The summed E-state index contributed by atoms with van der Waals surface area (Å²) in [7, 11) is 0. The number of aromatic nitrogens is 2. The number of fused-ring (bicyclic) bond motifs is 1. The minimum absolute atomic E-state index is 0.0869. The Morgan fingerprint density at radius 2 is 1.83 bits per heavy atom. The maximum absolute atomic E-state index is 11.2. The zero-order chi connectivity index (χ0) is 8.39. The van der Waals surface area contributed by atoms with Crippen LogP contribution in [0.3, 0.4) is 0 Å². The first-order valence-corrected chi connectivity index (χ1v) is 3.58. The van der Waals surface area contributed by atoms with Gasteiger partial charge in [0.15, 0.2) is 0 Å². The van der Waals surface area contributed by atoms with Crippen molar-refractivity contribution < 1.29 is 0 Å². The van der Waals surface area contributed by atoms with Crippen molar-refractivity contribution in [2.45, 2.75) is 0 Å². The lowest BCUT2D eigenvalue weighted by molar-refractivity contribution is 1.28. The molecule has 0 atom stereocenters. The molecule has 2 rings (SSSR count). The minimum atomic E-state index is -0.0869. The van der Waals surface area contributed by atoms with Crippen molar-refractivity contribution >= 4 is 0 Å². The third kappa shape index (κ3) is 1.05. The summed E-state index contributed by atoms with van der Waals surface area (Å²) in [4.78, 5) is 19.2. The number of benzene rings is 1. The van der Waals surface area contributed by atoms with E-state index >= 15 is 0 Å². The fraction of sp³-hybridized carbons (Fsp3) is 0. The van der Waals surface area contributed by atoms with Gasteiger partial charge >= 0.3 is 0 Å². The maximum atomic E-state index is 11.2. The highest BCUT2D eigenvalue weighted by Crippen LogP contribution is 2.07. The second-order valence-electron chi connectivity index (χ2n) is 2.37. The van der Waals surface area contributed by atoms with Crippen molar-refractivity contribution in [2.24, 2.45) is 0 Å². The van der Waals surface area contributed by atoms with E-state index in [9.17, 15) is 4.79 Å². The molecular weight excluding hydrogens is 152 g/mol. The average molecular weight is 158 g/mol. The molecule has 3 nitrogen and oxygen atoms in total. The summed E-state index contributed by atoms with van der Waals surface area (Å²) in [5, 5.41) is 0. The number of rotatable bonds is 0. The Morgan fingerprint density at radius 3 is 2.75 bits per heavy atom. The van der Waals surface area contributed by atoms with E-state index in [1.54, 1.807) is 30.6 Å². The fourth-order valence-corrected chi connectivity index (χ4v) is 1.02. The predicted molar refractivity (Wildman–Crippen MR) is 44.9 cm³/mol. The average Bonchev–Trinajstić information content (AvgIpc) is 2.30. The van der Waals surface area contributed by atoms with E-state index in [4.69, 9.17) is 0 Å². The van der Waals surface area contributed by atoms with Gasteiger partial charge in [-0.2, -0.15) is 0 Å². The Balaban J connectivity index is 2.88. The molecule has 0 radical (unpaired) electrons. The van der Waals surface area contributed by atoms with E-state index < -0.39 is 0 Å². The van der Waals surface area contributed by atoms with E-state index in [0.29, 0.717) is 11.4 Å². The summed E-state index contributed by atoms with van der Waals surface area (Å²) >= 11 is 0. The zero-order valence-corrected chi connectivity index (χ0v) is 6.27. The van der Waals surface area contributed by atoms with Gasteiger partial charge in [-0.3, -0.25) is 14.8 Å². The third-order valence-corrected chi connectivity index (χ3v) is 1.57. The molecule has 1 heterocycles. The first-order valence-electron chi connectivity index (χ1n) is 3.58. The van der Waals surface area contributed by atoms with Crippen molar-refractivity contribution in [1.29, 1.82) is 0 Å². The molecule has 1 aliphatic carbocycles. The van der Waals surface area contributed by atoms with Crippen LogP contribution < -0.4 is 5.43 Å². The van der Waals surface area contributed by atoms with Gasteiger partial charge in [0.05, 0.1) is 5.69 Å². The van der Waals surface area contributed by atoms with Gasteiger partial charge < -0.3 is 0 Å². The summed E-state index contributed by atoms with van der Waals surface area (Å²) in [6, 6.07) is 6.62. The van der Waals surface area contributed by atoms with Crippen LogP contribution in [0.25, 0.3) is 11.4 Å². The molecule has 0 bridgehead atoms. The van der Waals surface area contributed by atoms with Crippen molar-refractivity contribution in [2.75, 3.05) is 0 Å². The van der Waals surface area contributed by atoms with Crippen LogP contribution in [0.15, 0.2) is 41.5 Å². The van der Waals surface area contributed by atoms with Crippen LogP contribution in [0.4, 0.5) is 0 Å². The van der Waals surface area contributed by atoms with Crippen molar-refractivity contribution in [1.82, 2.24) is 9.97 Å². The van der Waals surface area contributed by atoms with Crippen LogP contribution >= 0.6 is 0 Å². The van der Waals surface area contributed by atoms with Gasteiger partial charge in [-0.1, -0.05) is 6.07 Å². The molecule has 12 heavy (non-hydrogen) atoms. The van der Waals surface area contributed by atoms with E-state index in [1.807, 2.05) is 0 Å². The number of nitrogens with zero attached hydrogens (tertiary/aromatic N) is 2. The van der Waals surface area contributed by atoms with Gasteiger partial charge in [-0.05, 0) is 18.2 Å². The quantitative estimate of drug-likeness (QED) is 0.573. The van der Waals surface area contributed by atoms with Crippen LogP contribution in [0.2, 0.25) is 0 Å². The minimum Gasteiger partial charge on any atom is -0.287 e. The van der Waals surface area contributed by atoms with Gasteiger partial charge in [0.2, 0.25) is 5.43 Å². The summed E-state index contributed by atoms with van der Waals surface area (Å²) in [5.41, 5.74) is 0.964. The van der Waals surface area contributed by atoms with Crippen molar-refractivity contribution in [3.8, 4) is 11.4 Å². The Kier molecular flexibility index (Phi) is 1.55. The normalized spacial score (nSPS) is 10.0. The molecular formula is C9H6N2O. The van der Waals surface area contributed by atoms with Gasteiger partial charge in [0, 0.05) is 12.4 Å². The van der Waals surface area contributed by atoms with Gasteiger partial charge in [-0.25, -0.2) is 0 Å². The summed E-state index contributed by atoms with van der Waals surface area (Å²) < 4.78 is 0. The fourth-order valence-electron chi connectivity index (χ4n) is 1.02. The summed E-state index contributed by atoms with van der Waals surface area (Å²) in [6.45, 7) is 0. The zero-order valence-electron chi connectivity index (χ0n) is 6.27. The van der Waals surface area contributed by atoms with Crippen molar-refractivity contribution in [3.63, 3.8) is 0 Å². The molecule has 0 spiro atoms. The van der Waals surface area contributed by atoms with E-state index in [0.717, 1.165) is 0 Å². The molecule has 0 amide bonds. The second-order valence-corrected chi connectivity index (χ2v) is 2.37. The Bertz CT molecular complexity index is 428. The molecule has 0 saturated carbocycles. The number of hydrogen-bond acceptors (Lipinski definition) is 3. The SMILES string of the molecule is O=c1cccc2ncccnc1-2. The third-order valence-electron chi connectivity index (χ3n) is 1.57. The highest BCUT2D eigenvalue weighted by Gasteiger charge is 2.03. The van der Waals surface area contributed by atoms with Crippen LogP contribution in [0.5, 0.6) is 0 Å². The lowest BCUT2D eigenvalue weighted by atomic mass is 10.2. The van der Waals surface area contributed by atoms with Gasteiger partial charge in [0.25, 0.3) is 0 Å².